The lowest BCUT2D eigenvalue weighted by Crippen LogP contribution is -2.38. The van der Waals surface area contributed by atoms with E-state index in [2.05, 4.69) is 20.7 Å². The van der Waals surface area contributed by atoms with Gasteiger partial charge in [-0.3, -0.25) is 0 Å². The van der Waals surface area contributed by atoms with Gasteiger partial charge in [0.25, 0.3) is 0 Å². The van der Waals surface area contributed by atoms with Crippen LogP contribution in [0.25, 0.3) is 0 Å². The van der Waals surface area contributed by atoms with E-state index in [9.17, 15) is 8.42 Å². The van der Waals surface area contributed by atoms with Crippen LogP contribution in [0.3, 0.4) is 0 Å². The predicted octanol–water partition coefficient (Wildman–Crippen LogP) is 1.18. The van der Waals surface area contributed by atoms with Crippen molar-refractivity contribution in [3.63, 3.8) is 0 Å². The summed E-state index contributed by atoms with van der Waals surface area (Å²) in [4.78, 5) is 8.92. The third-order valence-electron chi connectivity index (χ3n) is 3.93. The number of rotatable bonds is 6. The van der Waals surface area contributed by atoms with Gasteiger partial charge >= 0.3 is 0 Å². The Labute approximate surface area is 125 Å². The third kappa shape index (κ3) is 3.44. The lowest BCUT2D eigenvalue weighted by molar-refractivity contribution is 0.559. The van der Waals surface area contributed by atoms with Gasteiger partial charge < -0.3 is 10.7 Å². The monoisotopic (exact) mass is 313 g/mol. The first-order valence-electron chi connectivity index (χ1n) is 6.94. The van der Waals surface area contributed by atoms with E-state index in [-0.39, 0.29) is 6.54 Å². The molecule has 21 heavy (non-hydrogen) atoms. The van der Waals surface area contributed by atoms with Crippen molar-refractivity contribution in [2.75, 3.05) is 23.5 Å². The number of hydrazine groups is 1. The number of nitrogens with zero attached hydrogens (tertiary/aromatic N) is 2. The maximum atomic E-state index is 11.8. The second-order valence-electron chi connectivity index (χ2n) is 6.21. The zero-order valence-corrected chi connectivity index (χ0v) is 13.7. The van der Waals surface area contributed by atoms with E-state index in [1.165, 1.54) is 6.26 Å². The molecular weight excluding hydrogens is 290 g/mol. The molecule has 0 radical (unpaired) electrons. The van der Waals surface area contributed by atoms with Crippen LogP contribution in [0.1, 0.15) is 44.0 Å². The van der Waals surface area contributed by atoms with Crippen LogP contribution in [0.4, 0.5) is 11.6 Å². The minimum atomic E-state index is -3.16. The highest BCUT2D eigenvalue weighted by molar-refractivity contribution is 7.92. The van der Waals surface area contributed by atoms with Gasteiger partial charge in [0, 0.05) is 24.3 Å². The fourth-order valence-corrected chi connectivity index (χ4v) is 2.13. The summed E-state index contributed by atoms with van der Waals surface area (Å²) in [6, 6.07) is 0. The molecule has 2 rings (SSSR count). The standard InChI is InChI=1S/C13H23N5O2S/c1-8-10(15-7-13(2,3)21(4,19)20)16-12(9-5-6-9)17-11(8)18-14/h9H,5-7,14H2,1-4H3,(H2,15,16,17,18). The van der Waals surface area contributed by atoms with Gasteiger partial charge in [-0.2, -0.15) is 0 Å². The van der Waals surface area contributed by atoms with Crippen molar-refractivity contribution in [3.8, 4) is 0 Å². The van der Waals surface area contributed by atoms with E-state index in [1.807, 2.05) is 6.92 Å². The summed E-state index contributed by atoms with van der Waals surface area (Å²) in [5.41, 5.74) is 3.36. The Hall–Kier alpha value is -1.41. The topological polar surface area (TPSA) is 110 Å². The molecule has 0 unspecified atom stereocenters. The molecule has 0 aromatic carbocycles. The largest absolute Gasteiger partial charge is 0.368 e. The SMILES string of the molecule is Cc1c(NN)nc(C2CC2)nc1NCC(C)(C)S(C)(=O)=O. The molecule has 0 spiro atoms. The van der Waals surface area contributed by atoms with Crippen molar-refractivity contribution >= 4 is 21.5 Å². The zero-order valence-electron chi connectivity index (χ0n) is 12.9. The summed E-state index contributed by atoms with van der Waals surface area (Å²) >= 11 is 0. The molecular formula is C13H23N5O2S. The molecule has 8 heteroatoms. The Morgan fingerprint density at radius 1 is 1.29 bits per heavy atom. The van der Waals surface area contributed by atoms with Crippen LogP contribution < -0.4 is 16.6 Å². The molecule has 1 aromatic heterocycles. The van der Waals surface area contributed by atoms with Gasteiger partial charge in [-0.25, -0.2) is 24.2 Å². The number of aromatic nitrogens is 2. The number of nitrogens with two attached hydrogens (primary N) is 1. The lowest BCUT2D eigenvalue weighted by atomic mass is 10.2. The minimum absolute atomic E-state index is 0.276. The molecule has 1 aliphatic rings. The first-order valence-corrected chi connectivity index (χ1v) is 8.83. The fraction of sp³-hybridized carbons (Fsp3) is 0.692. The second kappa shape index (κ2) is 5.42. The quantitative estimate of drug-likeness (QED) is 0.534. The van der Waals surface area contributed by atoms with Gasteiger partial charge in [0.05, 0.1) is 4.75 Å². The molecule has 0 atom stereocenters. The second-order valence-corrected chi connectivity index (χ2v) is 8.86. The molecule has 118 valence electrons. The fourth-order valence-electron chi connectivity index (χ4n) is 1.80. The van der Waals surface area contributed by atoms with Crippen molar-refractivity contribution in [2.24, 2.45) is 5.84 Å². The minimum Gasteiger partial charge on any atom is -0.368 e. The first-order chi connectivity index (χ1) is 9.65. The van der Waals surface area contributed by atoms with Gasteiger partial charge in [-0.05, 0) is 33.6 Å². The van der Waals surface area contributed by atoms with Gasteiger partial charge in [-0.1, -0.05) is 0 Å². The van der Waals surface area contributed by atoms with Crippen LogP contribution in [0, 0.1) is 6.92 Å². The summed E-state index contributed by atoms with van der Waals surface area (Å²) in [7, 11) is -3.16. The summed E-state index contributed by atoms with van der Waals surface area (Å²) in [6.07, 6.45) is 3.41. The van der Waals surface area contributed by atoms with Crippen LogP contribution in [0.5, 0.6) is 0 Å². The van der Waals surface area contributed by atoms with Crippen LogP contribution in [0.15, 0.2) is 0 Å². The average Bonchev–Trinajstić information content (AvgIpc) is 3.20. The van der Waals surface area contributed by atoms with Crippen LogP contribution >= 0.6 is 0 Å². The molecule has 0 saturated heterocycles. The molecule has 0 bridgehead atoms. The highest BCUT2D eigenvalue weighted by Gasteiger charge is 2.31. The molecule has 1 fully saturated rings. The Bertz CT molecular complexity index is 638. The van der Waals surface area contributed by atoms with Crippen molar-refractivity contribution in [2.45, 2.75) is 44.3 Å². The summed E-state index contributed by atoms with van der Waals surface area (Å²) in [5, 5.41) is 3.13. The Morgan fingerprint density at radius 3 is 2.33 bits per heavy atom. The first kappa shape index (κ1) is 16.0. The highest BCUT2D eigenvalue weighted by Crippen LogP contribution is 2.39. The number of sulfone groups is 1. The van der Waals surface area contributed by atoms with Gasteiger partial charge in [0.15, 0.2) is 9.84 Å². The van der Waals surface area contributed by atoms with Crippen LogP contribution in [-0.2, 0) is 9.84 Å². The number of anilines is 2. The number of nitrogens with one attached hydrogen (secondary N) is 2. The summed E-state index contributed by atoms with van der Waals surface area (Å²) in [5.74, 6) is 7.86. The van der Waals surface area contributed by atoms with Crippen molar-refractivity contribution < 1.29 is 8.42 Å². The summed E-state index contributed by atoms with van der Waals surface area (Å²) in [6.45, 7) is 5.50. The molecule has 0 amide bonds. The van der Waals surface area contributed by atoms with Crippen molar-refractivity contribution in [1.29, 1.82) is 0 Å². The number of hydrogen-bond donors (Lipinski definition) is 3. The van der Waals surface area contributed by atoms with Crippen molar-refractivity contribution in [3.05, 3.63) is 11.4 Å². The van der Waals surface area contributed by atoms with E-state index in [0.29, 0.717) is 17.6 Å². The van der Waals surface area contributed by atoms with E-state index < -0.39 is 14.6 Å². The Morgan fingerprint density at radius 2 is 1.86 bits per heavy atom. The maximum absolute atomic E-state index is 11.8. The molecule has 1 heterocycles. The van der Waals surface area contributed by atoms with Gasteiger partial charge in [-0.15, -0.1) is 0 Å². The number of nitrogen functional groups attached to an aromatic ring is 1. The van der Waals surface area contributed by atoms with Gasteiger partial charge in [0.1, 0.15) is 17.5 Å². The average molecular weight is 313 g/mol. The predicted molar refractivity (Wildman–Crippen MR) is 84.0 cm³/mol. The molecule has 4 N–H and O–H groups in total. The lowest BCUT2D eigenvalue weighted by Gasteiger charge is -2.24. The van der Waals surface area contributed by atoms with Crippen LogP contribution in [-0.4, -0.2) is 35.9 Å². The van der Waals surface area contributed by atoms with E-state index in [0.717, 1.165) is 24.2 Å². The normalized spacial score (nSPS) is 15.9. The molecule has 0 aliphatic heterocycles. The van der Waals surface area contributed by atoms with E-state index in [4.69, 9.17) is 5.84 Å². The third-order valence-corrected chi connectivity index (χ3v) is 6.08. The van der Waals surface area contributed by atoms with Gasteiger partial charge in [0.2, 0.25) is 0 Å². The van der Waals surface area contributed by atoms with E-state index >= 15 is 0 Å². The number of hydrogen-bond acceptors (Lipinski definition) is 7. The molecule has 7 nitrogen and oxygen atoms in total. The van der Waals surface area contributed by atoms with Crippen molar-refractivity contribution in [1.82, 2.24) is 9.97 Å². The smallest absolute Gasteiger partial charge is 0.154 e. The summed E-state index contributed by atoms with van der Waals surface area (Å²) < 4.78 is 22.7. The molecule has 1 aromatic rings. The molecule has 1 aliphatic carbocycles. The zero-order chi connectivity index (χ0) is 15.8. The Kier molecular flexibility index (Phi) is 4.12. The molecule has 1 saturated carbocycles. The van der Waals surface area contributed by atoms with E-state index in [1.54, 1.807) is 13.8 Å². The van der Waals surface area contributed by atoms with Crippen LogP contribution in [0.2, 0.25) is 0 Å². The maximum Gasteiger partial charge on any atom is 0.154 e. The Balaban J connectivity index is 2.25. The highest BCUT2D eigenvalue weighted by atomic mass is 32.2.